The molecule has 3 nitrogen and oxygen atoms in total. The van der Waals surface area contributed by atoms with E-state index in [-0.39, 0.29) is 11.7 Å². The van der Waals surface area contributed by atoms with E-state index in [1.807, 2.05) is 17.8 Å². The normalized spacial score (nSPS) is 20.9. The predicted octanol–water partition coefficient (Wildman–Crippen LogP) is 2.82. The zero-order chi connectivity index (χ0) is 11.8. The third-order valence-electron chi connectivity index (χ3n) is 3.75. The number of rotatable bonds is 2. The maximum absolute atomic E-state index is 12.2. The van der Waals surface area contributed by atoms with Gasteiger partial charge in [0.15, 0.2) is 5.82 Å². The molecule has 1 aromatic heterocycles. The molecule has 0 atom stereocenters. The summed E-state index contributed by atoms with van der Waals surface area (Å²) in [5.41, 5.74) is 0.415. The van der Waals surface area contributed by atoms with Gasteiger partial charge in [-0.1, -0.05) is 13.8 Å². The Kier molecular flexibility index (Phi) is 2.87. The highest BCUT2D eigenvalue weighted by Crippen LogP contribution is 2.38. The van der Waals surface area contributed by atoms with E-state index >= 15 is 0 Å². The number of hydrogen-bond acceptors (Lipinski definition) is 2. The van der Waals surface area contributed by atoms with Crippen LogP contribution in [0.5, 0.6) is 0 Å². The number of Topliss-reactive ketones (excluding diaryl/α,β-unsaturated/α-hetero) is 1. The van der Waals surface area contributed by atoms with E-state index in [0.29, 0.717) is 11.2 Å². The Bertz CT molecular complexity index is 382. The highest BCUT2D eigenvalue weighted by Gasteiger charge is 2.32. The van der Waals surface area contributed by atoms with Crippen molar-refractivity contribution in [1.82, 2.24) is 9.55 Å². The van der Waals surface area contributed by atoms with Gasteiger partial charge in [-0.3, -0.25) is 4.79 Å². The summed E-state index contributed by atoms with van der Waals surface area (Å²) in [4.78, 5) is 16.4. The maximum atomic E-state index is 12.2. The summed E-state index contributed by atoms with van der Waals surface area (Å²) < 4.78 is 1.82. The molecule has 1 saturated carbocycles. The van der Waals surface area contributed by atoms with Crippen LogP contribution < -0.4 is 0 Å². The summed E-state index contributed by atoms with van der Waals surface area (Å²) >= 11 is 0. The van der Waals surface area contributed by atoms with Crippen LogP contribution in [0.4, 0.5) is 0 Å². The number of aromatic nitrogens is 2. The molecule has 3 heteroatoms. The van der Waals surface area contributed by atoms with Gasteiger partial charge in [-0.25, -0.2) is 4.98 Å². The van der Waals surface area contributed by atoms with Gasteiger partial charge in [-0.2, -0.15) is 0 Å². The van der Waals surface area contributed by atoms with Crippen LogP contribution in [0, 0.1) is 11.3 Å². The summed E-state index contributed by atoms with van der Waals surface area (Å²) in [5.74, 6) is 1.03. The van der Waals surface area contributed by atoms with E-state index in [0.717, 1.165) is 25.7 Å². The molecule has 1 aliphatic rings. The topological polar surface area (TPSA) is 34.9 Å². The van der Waals surface area contributed by atoms with Gasteiger partial charge in [-0.05, 0) is 31.1 Å². The lowest BCUT2D eigenvalue weighted by atomic mass is 9.72. The molecule has 0 aromatic carbocycles. The van der Waals surface area contributed by atoms with Crippen molar-refractivity contribution in [2.75, 3.05) is 0 Å². The van der Waals surface area contributed by atoms with Crippen LogP contribution in [0.2, 0.25) is 0 Å². The molecule has 0 saturated heterocycles. The van der Waals surface area contributed by atoms with Crippen LogP contribution in [-0.4, -0.2) is 15.3 Å². The number of aryl methyl sites for hydroxylation is 1. The van der Waals surface area contributed by atoms with Crippen LogP contribution >= 0.6 is 0 Å². The molecule has 0 spiro atoms. The number of nitrogens with zero attached hydrogens (tertiary/aromatic N) is 2. The van der Waals surface area contributed by atoms with Crippen molar-refractivity contribution in [3.05, 3.63) is 18.2 Å². The minimum atomic E-state index is 0.189. The Morgan fingerprint density at radius 2 is 2.06 bits per heavy atom. The molecule has 88 valence electrons. The first-order chi connectivity index (χ1) is 7.49. The minimum absolute atomic E-state index is 0.189. The van der Waals surface area contributed by atoms with Gasteiger partial charge >= 0.3 is 0 Å². The van der Waals surface area contributed by atoms with E-state index in [4.69, 9.17) is 0 Å². The third-order valence-corrected chi connectivity index (χ3v) is 3.75. The number of ketones is 1. The van der Waals surface area contributed by atoms with Gasteiger partial charge in [0, 0.05) is 25.4 Å². The molecule has 0 bridgehead atoms. The SMILES string of the molecule is Cn1ccnc1C(=O)C1CCC(C)(C)CC1. The molecular weight excluding hydrogens is 200 g/mol. The smallest absolute Gasteiger partial charge is 0.201 e. The quantitative estimate of drug-likeness (QED) is 0.718. The van der Waals surface area contributed by atoms with Crippen molar-refractivity contribution in [3.63, 3.8) is 0 Å². The monoisotopic (exact) mass is 220 g/mol. The summed E-state index contributed by atoms with van der Waals surface area (Å²) in [6, 6.07) is 0. The van der Waals surface area contributed by atoms with Crippen molar-refractivity contribution >= 4 is 5.78 Å². The second-order valence-corrected chi connectivity index (χ2v) is 5.66. The number of carbonyl (C=O) groups excluding carboxylic acids is 1. The van der Waals surface area contributed by atoms with E-state index in [1.54, 1.807) is 6.20 Å². The molecule has 0 unspecified atom stereocenters. The molecule has 16 heavy (non-hydrogen) atoms. The van der Waals surface area contributed by atoms with Gasteiger partial charge < -0.3 is 4.57 Å². The minimum Gasteiger partial charge on any atom is -0.332 e. The van der Waals surface area contributed by atoms with Crippen LogP contribution in [-0.2, 0) is 7.05 Å². The molecule has 2 rings (SSSR count). The molecule has 0 radical (unpaired) electrons. The Balaban J connectivity index is 2.05. The fourth-order valence-corrected chi connectivity index (χ4v) is 2.45. The van der Waals surface area contributed by atoms with Gasteiger partial charge in [0.25, 0.3) is 0 Å². The summed E-state index contributed by atoms with van der Waals surface area (Å²) in [5, 5.41) is 0. The average Bonchev–Trinajstić information content (AvgIpc) is 2.63. The second-order valence-electron chi connectivity index (χ2n) is 5.66. The van der Waals surface area contributed by atoms with Crippen molar-refractivity contribution < 1.29 is 4.79 Å². The summed E-state index contributed by atoms with van der Waals surface area (Å²) in [6.45, 7) is 4.57. The largest absolute Gasteiger partial charge is 0.332 e. The Morgan fingerprint density at radius 3 is 2.56 bits per heavy atom. The van der Waals surface area contributed by atoms with Gasteiger partial charge in [-0.15, -0.1) is 0 Å². The van der Waals surface area contributed by atoms with E-state index in [1.165, 1.54) is 0 Å². The third kappa shape index (κ3) is 2.18. The lowest BCUT2D eigenvalue weighted by Crippen LogP contribution is -2.27. The van der Waals surface area contributed by atoms with Crippen LogP contribution in [0.3, 0.4) is 0 Å². The number of imidazole rings is 1. The highest BCUT2D eigenvalue weighted by atomic mass is 16.1. The summed E-state index contributed by atoms with van der Waals surface area (Å²) in [6.07, 6.45) is 7.85. The van der Waals surface area contributed by atoms with E-state index in [2.05, 4.69) is 18.8 Å². The van der Waals surface area contributed by atoms with Crippen molar-refractivity contribution in [1.29, 1.82) is 0 Å². The first-order valence-corrected chi connectivity index (χ1v) is 6.01. The lowest BCUT2D eigenvalue weighted by molar-refractivity contribution is 0.0824. The molecular formula is C13H20N2O. The Hall–Kier alpha value is -1.12. The van der Waals surface area contributed by atoms with Crippen molar-refractivity contribution in [3.8, 4) is 0 Å². The van der Waals surface area contributed by atoms with Crippen LogP contribution in [0.25, 0.3) is 0 Å². The highest BCUT2D eigenvalue weighted by molar-refractivity contribution is 5.94. The maximum Gasteiger partial charge on any atom is 0.201 e. The Labute approximate surface area is 96.9 Å². The van der Waals surface area contributed by atoms with Crippen molar-refractivity contribution in [2.45, 2.75) is 39.5 Å². The molecule has 0 N–H and O–H groups in total. The first kappa shape index (κ1) is 11.4. The summed E-state index contributed by atoms with van der Waals surface area (Å²) in [7, 11) is 1.88. The number of hydrogen-bond donors (Lipinski definition) is 0. The first-order valence-electron chi connectivity index (χ1n) is 6.01. The average molecular weight is 220 g/mol. The van der Waals surface area contributed by atoms with E-state index < -0.39 is 0 Å². The zero-order valence-corrected chi connectivity index (χ0v) is 10.4. The van der Waals surface area contributed by atoms with Crippen LogP contribution in [0.1, 0.15) is 50.1 Å². The lowest BCUT2D eigenvalue weighted by Gasteiger charge is -2.33. The second kappa shape index (κ2) is 4.04. The van der Waals surface area contributed by atoms with Gasteiger partial charge in [0.05, 0.1) is 0 Å². The number of carbonyl (C=O) groups is 1. The fourth-order valence-electron chi connectivity index (χ4n) is 2.45. The van der Waals surface area contributed by atoms with E-state index in [9.17, 15) is 4.79 Å². The van der Waals surface area contributed by atoms with Crippen LogP contribution in [0.15, 0.2) is 12.4 Å². The molecule has 1 heterocycles. The van der Waals surface area contributed by atoms with Gasteiger partial charge in [0.1, 0.15) is 0 Å². The Morgan fingerprint density at radius 1 is 1.44 bits per heavy atom. The molecule has 0 amide bonds. The molecule has 1 aromatic rings. The zero-order valence-electron chi connectivity index (χ0n) is 10.4. The molecule has 1 aliphatic carbocycles. The van der Waals surface area contributed by atoms with Crippen molar-refractivity contribution in [2.24, 2.45) is 18.4 Å². The predicted molar refractivity (Wildman–Crippen MR) is 63.3 cm³/mol. The fraction of sp³-hybridized carbons (Fsp3) is 0.692. The van der Waals surface area contributed by atoms with Gasteiger partial charge in [0.2, 0.25) is 5.78 Å². The molecule has 0 aliphatic heterocycles. The molecule has 1 fully saturated rings. The standard InChI is InChI=1S/C13H20N2O/c1-13(2)6-4-10(5-7-13)11(16)12-14-8-9-15(12)3/h8-10H,4-7H2,1-3H3.